The number of halogens is 2. The third-order valence-corrected chi connectivity index (χ3v) is 5.20. The maximum absolute atomic E-state index is 12.2. The summed E-state index contributed by atoms with van der Waals surface area (Å²) in [5.74, 6) is -0.307. The Morgan fingerprint density at radius 2 is 2.22 bits per heavy atom. The molecule has 1 aromatic rings. The monoisotopic (exact) mass is 384 g/mol. The number of hydrogen-bond donors (Lipinski definition) is 2. The van der Waals surface area contributed by atoms with Gasteiger partial charge in [0.2, 0.25) is 15.9 Å². The molecular weight excluding hydrogens is 363 g/mol. The summed E-state index contributed by atoms with van der Waals surface area (Å²) < 4.78 is 25.5. The fourth-order valence-corrected chi connectivity index (χ4v) is 3.28. The van der Waals surface area contributed by atoms with Crippen LogP contribution < -0.4 is 10.6 Å². The highest BCUT2D eigenvalue weighted by atomic mass is 35.5. The molecule has 2 heterocycles. The van der Waals surface area contributed by atoms with E-state index in [1.54, 1.807) is 6.07 Å². The molecular formula is C13H22Cl2N4O3S. The Kier molecular flexibility index (Phi) is 9.64. The van der Waals surface area contributed by atoms with Gasteiger partial charge in [-0.25, -0.2) is 8.42 Å². The molecule has 1 aliphatic rings. The van der Waals surface area contributed by atoms with Gasteiger partial charge in [0, 0.05) is 32.0 Å². The van der Waals surface area contributed by atoms with Crippen LogP contribution >= 0.6 is 24.8 Å². The van der Waals surface area contributed by atoms with Crippen molar-refractivity contribution in [3.05, 3.63) is 24.5 Å². The summed E-state index contributed by atoms with van der Waals surface area (Å²) in [6, 6.07) is 3.29. The smallest absolute Gasteiger partial charge is 0.244 e. The number of hydrogen-bond acceptors (Lipinski definition) is 5. The average molecular weight is 385 g/mol. The highest BCUT2D eigenvalue weighted by Gasteiger charge is 2.23. The molecule has 7 nitrogen and oxygen atoms in total. The quantitative estimate of drug-likeness (QED) is 0.741. The third kappa shape index (κ3) is 6.23. The summed E-state index contributed by atoms with van der Waals surface area (Å²) in [5.41, 5.74) is 0. The summed E-state index contributed by atoms with van der Waals surface area (Å²) in [6.45, 7) is 1.29. The summed E-state index contributed by atoms with van der Waals surface area (Å²) in [6.07, 6.45) is 4.91. The van der Waals surface area contributed by atoms with Gasteiger partial charge in [-0.15, -0.1) is 24.8 Å². The molecule has 2 N–H and O–H groups in total. The number of carbonyl (C=O) groups excluding carboxylic acids is 1. The lowest BCUT2D eigenvalue weighted by Crippen LogP contribution is -2.42. The molecule has 0 spiro atoms. The second-order valence-electron chi connectivity index (χ2n) is 5.05. The minimum absolute atomic E-state index is 0. The maximum atomic E-state index is 12.2. The van der Waals surface area contributed by atoms with Gasteiger partial charge in [0.15, 0.2) is 0 Å². The number of rotatable bonds is 6. The first-order chi connectivity index (χ1) is 10.00. The lowest BCUT2D eigenvalue weighted by atomic mass is 10.2. The Balaban J connectivity index is 0.00000242. The van der Waals surface area contributed by atoms with E-state index in [0.29, 0.717) is 6.54 Å². The second kappa shape index (κ2) is 10.0. The van der Waals surface area contributed by atoms with E-state index in [2.05, 4.69) is 15.6 Å². The van der Waals surface area contributed by atoms with Crippen molar-refractivity contribution < 1.29 is 13.2 Å². The summed E-state index contributed by atoms with van der Waals surface area (Å²) >= 11 is 0. The zero-order chi connectivity index (χ0) is 15.3. The van der Waals surface area contributed by atoms with Crippen LogP contribution in [0.3, 0.4) is 0 Å². The van der Waals surface area contributed by atoms with Gasteiger partial charge in [0.1, 0.15) is 4.90 Å². The first-order valence-electron chi connectivity index (χ1n) is 6.86. The minimum Gasteiger partial charge on any atom is -0.353 e. The van der Waals surface area contributed by atoms with Crippen molar-refractivity contribution in [2.45, 2.75) is 23.8 Å². The molecule has 1 aliphatic heterocycles. The molecule has 0 saturated carbocycles. The van der Waals surface area contributed by atoms with E-state index in [4.69, 9.17) is 0 Å². The summed E-state index contributed by atoms with van der Waals surface area (Å²) in [4.78, 5) is 15.7. The van der Waals surface area contributed by atoms with Crippen molar-refractivity contribution in [1.82, 2.24) is 19.9 Å². The topological polar surface area (TPSA) is 91.4 Å². The first-order valence-corrected chi connectivity index (χ1v) is 8.30. The van der Waals surface area contributed by atoms with Crippen molar-refractivity contribution in [2.24, 2.45) is 0 Å². The lowest BCUT2D eigenvalue weighted by Gasteiger charge is -2.17. The Hall–Kier alpha value is -0.930. The minimum atomic E-state index is -3.68. The third-order valence-electron chi connectivity index (χ3n) is 3.42. The van der Waals surface area contributed by atoms with Crippen LogP contribution in [0.5, 0.6) is 0 Å². The van der Waals surface area contributed by atoms with Gasteiger partial charge in [-0.2, -0.15) is 4.31 Å². The van der Waals surface area contributed by atoms with Crippen LogP contribution in [0.15, 0.2) is 29.4 Å². The van der Waals surface area contributed by atoms with Crippen molar-refractivity contribution in [3.8, 4) is 0 Å². The zero-order valence-corrected chi connectivity index (χ0v) is 15.2. The normalized spacial score (nSPS) is 17.2. The molecule has 2 rings (SSSR count). The Morgan fingerprint density at radius 3 is 2.78 bits per heavy atom. The van der Waals surface area contributed by atoms with Gasteiger partial charge >= 0.3 is 0 Å². The predicted molar refractivity (Wildman–Crippen MR) is 92.6 cm³/mol. The lowest BCUT2D eigenvalue weighted by molar-refractivity contribution is -0.121. The standard InChI is InChI=1S/C13H20N4O3S.2ClH/c1-17(21(19,20)12-5-3-6-14-9-12)10-13(18)16-8-11-4-2-7-15-11;;/h3,5-6,9,11,15H,2,4,7-8,10H2,1H3,(H,16,18);2*1H. The highest BCUT2D eigenvalue weighted by Crippen LogP contribution is 2.11. The summed E-state index contributed by atoms with van der Waals surface area (Å²) in [5, 5.41) is 6.02. The van der Waals surface area contributed by atoms with Crippen LogP contribution in [0.2, 0.25) is 0 Å². The van der Waals surface area contributed by atoms with Crippen LogP contribution in [0.1, 0.15) is 12.8 Å². The molecule has 10 heteroatoms. The van der Waals surface area contributed by atoms with Gasteiger partial charge in [-0.1, -0.05) is 0 Å². The molecule has 23 heavy (non-hydrogen) atoms. The Morgan fingerprint density at radius 1 is 1.48 bits per heavy atom. The van der Waals surface area contributed by atoms with Gasteiger partial charge in [-0.05, 0) is 31.5 Å². The fourth-order valence-electron chi connectivity index (χ4n) is 2.19. The number of nitrogens with zero attached hydrogens (tertiary/aromatic N) is 2. The molecule has 0 aromatic carbocycles. The maximum Gasteiger partial charge on any atom is 0.244 e. The van der Waals surface area contributed by atoms with E-state index < -0.39 is 10.0 Å². The van der Waals surface area contributed by atoms with Crippen molar-refractivity contribution >= 4 is 40.7 Å². The summed E-state index contributed by atoms with van der Waals surface area (Å²) in [7, 11) is -2.29. The number of amides is 1. The number of pyridine rings is 1. The van der Waals surface area contributed by atoms with E-state index in [-0.39, 0.29) is 48.2 Å². The average Bonchev–Trinajstić information content (AvgIpc) is 2.99. The largest absolute Gasteiger partial charge is 0.353 e. The number of aromatic nitrogens is 1. The Labute approximate surface area is 149 Å². The molecule has 132 valence electrons. The molecule has 0 aliphatic carbocycles. The first kappa shape index (κ1) is 22.1. The fraction of sp³-hybridized carbons (Fsp3) is 0.538. The highest BCUT2D eigenvalue weighted by molar-refractivity contribution is 7.89. The molecule has 1 fully saturated rings. The van der Waals surface area contributed by atoms with Crippen LogP contribution in [0.25, 0.3) is 0 Å². The van der Waals surface area contributed by atoms with Crippen molar-refractivity contribution in [3.63, 3.8) is 0 Å². The van der Waals surface area contributed by atoms with Gasteiger partial charge in [0.05, 0.1) is 6.54 Å². The molecule has 1 unspecified atom stereocenters. The number of nitrogens with one attached hydrogen (secondary N) is 2. The van der Waals surface area contributed by atoms with Crippen LogP contribution in [0.4, 0.5) is 0 Å². The SMILES string of the molecule is CN(CC(=O)NCC1CCCN1)S(=O)(=O)c1cccnc1.Cl.Cl. The molecule has 1 atom stereocenters. The number of carbonyl (C=O) groups is 1. The van der Waals surface area contributed by atoms with Crippen LogP contribution in [-0.4, -0.2) is 56.3 Å². The van der Waals surface area contributed by atoms with E-state index >= 15 is 0 Å². The zero-order valence-electron chi connectivity index (χ0n) is 12.8. The molecule has 0 bridgehead atoms. The van der Waals surface area contributed by atoms with Gasteiger partial charge in [-0.3, -0.25) is 9.78 Å². The van der Waals surface area contributed by atoms with Gasteiger partial charge in [0.25, 0.3) is 0 Å². The molecule has 0 radical (unpaired) electrons. The second-order valence-corrected chi connectivity index (χ2v) is 7.09. The van der Waals surface area contributed by atoms with E-state index in [1.807, 2.05) is 0 Å². The van der Waals surface area contributed by atoms with E-state index in [9.17, 15) is 13.2 Å². The molecule has 1 amide bonds. The van der Waals surface area contributed by atoms with E-state index in [0.717, 1.165) is 23.7 Å². The van der Waals surface area contributed by atoms with Crippen molar-refractivity contribution in [2.75, 3.05) is 26.7 Å². The van der Waals surface area contributed by atoms with Crippen molar-refractivity contribution in [1.29, 1.82) is 0 Å². The van der Waals surface area contributed by atoms with E-state index in [1.165, 1.54) is 25.5 Å². The molecule has 1 aromatic heterocycles. The molecule has 1 saturated heterocycles. The Bertz CT molecular complexity index is 580. The van der Waals surface area contributed by atoms with Crippen LogP contribution in [0, 0.1) is 0 Å². The predicted octanol–water partition coefficient (Wildman–Crippen LogP) is 0.414. The van der Waals surface area contributed by atoms with Crippen LogP contribution in [-0.2, 0) is 14.8 Å². The van der Waals surface area contributed by atoms with Gasteiger partial charge < -0.3 is 10.6 Å². The number of likely N-dealkylation sites (N-methyl/N-ethyl adjacent to an activating group) is 1. The number of sulfonamides is 1.